The molecule has 0 heterocycles. The summed E-state index contributed by atoms with van der Waals surface area (Å²) >= 11 is 0. The Balaban J connectivity index is 2.15. The molecule has 23 heavy (non-hydrogen) atoms. The molecule has 1 nitrogen and oxygen atoms in total. The molecule has 0 bridgehead atoms. The SMILES string of the molecule is C=C[Si](Oc1cccc(C)c1)(c1ccccc1)c1ccccc1. The summed E-state index contributed by atoms with van der Waals surface area (Å²) < 4.78 is 6.63. The normalized spacial score (nSPS) is 11.0. The first kappa shape index (κ1) is 15.3. The van der Waals surface area contributed by atoms with Gasteiger partial charge in [0.25, 0.3) is 0 Å². The minimum atomic E-state index is -2.52. The maximum atomic E-state index is 6.63. The average molecular weight is 316 g/mol. The van der Waals surface area contributed by atoms with Gasteiger partial charge in [0.05, 0.1) is 0 Å². The minimum absolute atomic E-state index is 0.893. The Kier molecular flexibility index (Phi) is 4.44. The zero-order chi connectivity index (χ0) is 16.1. The summed E-state index contributed by atoms with van der Waals surface area (Å²) in [6, 6.07) is 29.0. The smallest absolute Gasteiger partial charge is 0.339 e. The molecule has 0 unspecified atom stereocenters. The van der Waals surface area contributed by atoms with Crippen molar-refractivity contribution in [3.05, 3.63) is 103 Å². The van der Waals surface area contributed by atoms with Gasteiger partial charge in [-0.2, -0.15) is 0 Å². The summed E-state index contributed by atoms with van der Waals surface area (Å²) in [5.74, 6) is 0.893. The van der Waals surface area contributed by atoms with Gasteiger partial charge >= 0.3 is 8.32 Å². The minimum Gasteiger partial charge on any atom is -0.531 e. The summed E-state index contributed by atoms with van der Waals surface area (Å²) in [6.45, 7) is 6.22. The lowest BCUT2D eigenvalue weighted by molar-refractivity contribution is 0.575. The van der Waals surface area contributed by atoms with Gasteiger partial charge in [-0.1, -0.05) is 78.5 Å². The zero-order valence-electron chi connectivity index (χ0n) is 13.3. The van der Waals surface area contributed by atoms with Crippen molar-refractivity contribution in [3.63, 3.8) is 0 Å². The highest BCUT2D eigenvalue weighted by Crippen LogP contribution is 2.18. The predicted molar refractivity (Wildman–Crippen MR) is 99.9 cm³/mol. The van der Waals surface area contributed by atoms with Crippen molar-refractivity contribution < 1.29 is 4.43 Å². The quantitative estimate of drug-likeness (QED) is 0.650. The third-order valence-corrected chi connectivity index (χ3v) is 7.48. The van der Waals surface area contributed by atoms with E-state index in [0.717, 1.165) is 5.75 Å². The zero-order valence-corrected chi connectivity index (χ0v) is 14.3. The molecule has 3 aromatic carbocycles. The molecule has 0 fully saturated rings. The summed E-state index contributed by atoms with van der Waals surface area (Å²) in [6.07, 6.45) is 0. The molecule has 0 saturated heterocycles. The van der Waals surface area contributed by atoms with E-state index in [1.54, 1.807) is 0 Å². The van der Waals surface area contributed by atoms with E-state index in [2.05, 4.69) is 74.2 Å². The molecular weight excluding hydrogens is 296 g/mol. The fourth-order valence-corrected chi connectivity index (χ4v) is 5.80. The maximum absolute atomic E-state index is 6.63. The Bertz CT molecular complexity index is 742. The number of benzene rings is 3. The van der Waals surface area contributed by atoms with Crippen LogP contribution in [0.5, 0.6) is 5.75 Å². The molecule has 0 atom stereocenters. The van der Waals surface area contributed by atoms with E-state index in [1.807, 2.05) is 30.0 Å². The fraction of sp³-hybridized carbons (Fsp3) is 0.0476. The van der Waals surface area contributed by atoms with Crippen LogP contribution in [0.3, 0.4) is 0 Å². The lowest BCUT2D eigenvalue weighted by atomic mass is 10.2. The largest absolute Gasteiger partial charge is 0.531 e. The average Bonchev–Trinajstić information content (AvgIpc) is 2.61. The van der Waals surface area contributed by atoms with Gasteiger partial charge < -0.3 is 4.43 Å². The number of aryl methyl sites for hydroxylation is 1. The molecular formula is C21H20OSi. The molecule has 0 aromatic heterocycles. The Labute approximate surface area is 139 Å². The first-order chi connectivity index (χ1) is 11.2. The molecule has 0 amide bonds. The Hall–Kier alpha value is -2.58. The standard InChI is InChI=1S/C21H20OSi/c1-3-23(20-13-6-4-7-14-20,21-15-8-5-9-16-21)22-19-12-10-11-18(2)17-19/h3-17H,1H2,2H3. The van der Waals surface area contributed by atoms with Crippen LogP contribution in [0.25, 0.3) is 0 Å². The van der Waals surface area contributed by atoms with Crippen molar-refractivity contribution in [1.29, 1.82) is 0 Å². The van der Waals surface area contributed by atoms with E-state index in [4.69, 9.17) is 4.43 Å². The van der Waals surface area contributed by atoms with Crippen molar-refractivity contribution in [1.82, 2.24) is 0 Å². The second-order valence-corrected chi connectivity index (χ2v) is 8.83. The van der Waals surface area contributed by atoms with Crippen LogP contribution >= 0.6 is 0 Å². The van der Waals surface area contributed by atoms with Crippen molar-refractivity contribution in [2.75, 3.05) is 0 Å². The van der Waals surface area contributed by atoms with Crippen molar-refractivity contribution in [2.45, 2.75) is 6.92 Å². The predicted octanol–water partition coefficient (Wildman–Crippen LogP) is 3.86. The summed E-state index contributed by atoms with van der Waals surface area (Å²) in [7, 11) is -2.52. The third-order valence-electron chi connectivity index (χ3n) is 3.96. The first-order valence-electron chi connectivity index (χ1n) is 7.75. The maximum Gasteiger partial charge on any atom is 0.339 e. The van der Waals surface area contributed by atoms with Gasteiger partial charge in [0.15, 0.2) is 0 Å². The van der Waals surface area contributed by atoms with Crippen LogP contribution in [0.2, 0.25) is 0 Å². The van der Waals surface area contributed by atoms with Gasteiger partial charge in [-0.3, -0.25) is 0 Å². The van der Waals surface area contributed by atoms with Crippen LogP contribution in [0.4, 0.5) is 0 Å². The van der Waals surface area contributed by atoms with Gasteiger partial charge in [0, 0.05) is 0 Å². The molecule has 0 saturated carbocycles. The molecule has 0 radical (unpaired) electrons. The Morgan fingerprint density at radius 1 is 0.783 bits per heavy atom. The highest BCUT2D eigenvalue weighted by atomic mass is 28.4. The topological polar surface area (TPSA) is 9.23 Å². The van der Waals surface area contributed by atoms with Crippen LogP contribution in [0, 0.1) is 6.92 Å². The molecule has 0 aliphatic heterocycles. The third kappa shape index (κ3) is 3.12. The van der Waals surface area contributed by atoms with Gasteiger partial charge in [-0.15, -0.1) is 6.58 Å². The van der Waals surface area contributed by atoms with Crippen molar-refractivity contribution in [2.24, 2.45) is 0 Å². The lowest BCUT2D eigenvalue weighted by Crippen LogP contribution is -2.62. The van der Waals surface area contributed by atoms with Crippen LogP contribution in [0.15, 0.2) is 97.2 Å². The number of hydrogen-bond acceptors (Lipinski definition) is 1. The van der Waals surface area contributed by atoms with Gasteiger partial charge in [0.1, 0.15) is 5.75 Å². The van der Waals surface area contributed by atoms with Crippen LogP contribution in [0.1, 0.15) is 5.56 Å². The lowest BCUT2D eigenvalue weighted by Gasteiger charge is -2.30. The van der Waals surface area contributed by atoms with E-state index in [1.165, 1.54) is 15.9 Å². The molecule has 0 aliphatic carbocycles. The van der Waals surface area contributed by atoms with E-state index < -0.39 is 8.32 Å². The molecule has 0 aliphatic rings. The Morgan fingerprint density at radius 2 is 1.35 bits per heavy atom. The summed E-state index contributed by atoms with van der Waals surface area (Å²) in [5.41, 5.74) is 3.20. The number of hydrogen-bond donors (Lipinski definition) is 0. The molecule has 114 valence electrons. The van der Waals surface area contributed by atoms with Gasteiger partial charge in [-0.25, -0.2) is 0 Å². The van der Waals surface area contributed by atoms with Crippen molar-refractivity contribution >= 4 is 18.7 Å². The molecule has 0 N–H and O–H groups in total. The van der Waals surface area contributed by atoms with Crippen molar-refractivity contribution in [3.8, 4) is 5.75 Å². The second-order valence-electron chi connectivity index (χ2n) is 5.59. The van der Waals surface area contributed by atoms with E-state index >= 15 is 0 Å². The molecule has 0 spiro atoms. The van der Waals surface area contributed by atoms with E-state index in [-0.39, 0.29) is 0 Å². The van der Waals surface area contributed by atoms with Gasteiger partial charge in [-0.05, 0) is 35.0 Å². The highest BCUT2D eigenvalue weighted by Gasteiger charge is 2.38. The molecule has 3 aromatic rings. The summed E-state index contributed by atoms with van der Waals surface area (Å²) in [5, 5.41) is 2.39. The van der Waals surface area contributed by atoms with Crippen LogP contribution in [-0.2, 0) is 0 Å². The monoisotopic (exact) mass is 316 g/mol. The summed E-state index contributed by atoms with van der Waals surface area (Å²) in [4.78, 5) is 0. The Morgan fingerprint density at radius 3 is 1.83 bits per heavy atom. The van der Waals surface area contributed by atoms with E-state index in [0.29, 0.717) is 0 Å². The second kappa shape index (κ2) is 6.67. The first-order valence-corrected chi connectivity index (χ1v) is 9.73. The van der Waals surface area contributed by atoms with Crippen LogP contribution < -0.4 is 14.8 Å². The van der Waals surface area contributed by atoms with E-state index in [9.17, 15) is 0 Å². The van der Waals surface area contributed by atoms with Gasteiger partial charge in [0.2, 0.25) is 0 Å². The molecule has 2 heteroatoms. The highest BCUT2D eigenvalue weighted by molar-refractivity contribution is 7.01. The molecule has 3 rings (SSSR count). The fourth-order valence-electron chi connectivity index (χ4n) is 2.80. The number of rotatable bonds is 5. The van der Waals surface area contributed by atoms with Crippen LogP contribution in [-0.4, -0.2) is 8.32 Å².